The molecule has 0 aliphatic heterocycles. The fourth-order valence-electron chi connectivity index (χ4n) is 4.74. The minimum atomic E-state index is 0.478. The van der Waals surface area contributed by atoms with Crippen molar-refractivity contribution in [3.63, 3.8) is 0 Å². The van der Waals surface area contributed by atoms with Gasteiger partial charge in [0.25, 0.3) is 0 Å². The molecule has 2 fully saturated rings. The summed E-state index contributed by atoms with van der Waals surface area (Å²) in [6.45, 7) is 13.3. The third-order valence-electron chi connectivity index (χ3n) is 6.05. The lowest BCUT2D eigenvalue weighted by atomic mass is 9.84. The second-order valence-corrected chi connectivity index (χ2v) is 8.10. The van der Waals surface area contributed by atoms with Crippen molar-refractivity contribution < 1.29 is 0 Å². The van der Waals surface area contributed by atoms with Crippen LogP contribution in [0.25, 0.3) is 0 Å². The lowest BCUT2D eigenvalue weighted by molar-refractivity contribution is 0.123. The summed E-state index contributed by atoms with van der Waals surface area (Å²) in [5, 5.41) is 3.88. The second kappa shape index (κ2) is 7.97. The molecule has 1 N–H and O–H groups in total. The Morgan fingerprint density at radius 1 is 1.05 bits per heavy atom. The van der Waals surface area contributed by atoms with Crippen LogP contribution in [-0.4, -0.2) is 36.6 Å². The Labute approximate surface area is 133 Å². The largest absolute Gasteiger partial charge is 0.313 e. The second-order valence-electron chi connectivity index (χ2n) is 8.10. The molecule has 0 amide bonds. The van der Waals surface area contributed by atoms with Crippen LogP contribution in [0.1, 0.15) is 79.1 Å². The lowest BCUT2D eigenvalue weighted by Crippen LogP contribution is -2.48. The monoisotopic (exact) mass is 294 g/mol. The van der Waals surface area contributed by atoms with Crippen molar-refractivity contribution in [2.45, 2.75) is 91.1 Å². The fraction of sp³-hybridized carbons (Fsp3) is 1.00. The molecule has 0 heterocycles. The highest BCUT2D eigenvalue weighted by Crippen LogP contribution is 2.42. The maximum atomic E-state index is 3.88. The number of hydrogen-bond acceptors (Lipinski definition) is 2. The molecule has 2 heteroatoms. The summed E-state index contributed by atoms with van der Waals surface area (Å²) in [4.78, 5) is 2.81. The van der Waals surface area contributed by atoms with E-state index < -0.39 is 0 Å². The first-order chi connectivity index (χ1) is 10.1. The average Bonchev–Trinajstić information content (AvgIpc) is 2.78. The maximum absolute atomic E-state index is 3.88. The van der Waals surface area contributed by atoms with Crippen LogP contribution in [-0.2, 0) is 0 Å². The van der Waals surface area contributed by atoms with E-state index in [0.29, 0.717) is 5.41 Å². The molecule has 2 aliphatic carbocycles. The standard InChI is InChI=1S/C19H38N2/c1-5-14-20-18-16(12-13-19(18,3)4)15-21(6-2)17-10-8-7-9-11-17/h16-18,20H,5-15H2,1-4H3. The van der Waals surface area contributed by atoms with Gasteiger partial charge in [-0.05, 0) is 56.5 Å². The van der Waals surface area contributed by atoms with Crippen molar-refractivity contribution in [2.75, 3.05) is 19.6 Å². The average molecular weight is 295 g/mol. The molecule has 0 radical (unpaired) electrons. The highest BCUT2D eigenvalue weighted by atomic mass is 15.2. The predicted molar refractivity (Wildman–Crippen MR) is 92.7 cm³/mol. The quantitative estimate of drug-likeness (QED) is 0.746. The Morgan fingerprint density at radius 2 is 1.76 bits per heavy atom. The molecule has 0 aromatic carbocycles. The van der Waals surface area contributed by atoms with E-state index in [4.69, 9.17) is 0 Å². The van der Waals surface area contributed by atoms with Gasteiger partial charge in [-0.2, -0.15) is 0 Å². The van der Waals surface area contributed by atoms with E-state index in [1.54, 1.807) is 0 Å². The van der Waals surface area contributed by atoms with Gasteiger partial charge in [-0.25, -0.2) is 0 Å². The first-order valence-corrected chi connectivity index (χ1v) is 9.56. The number of nitrogens with zero attached hydrogens (tertiary/aromatic N) is 1. The third kappa shape index (κ3) is 4.45. The van der Waals surface area contributed by atoms with Gasteiger partial charge in [0.05, 0.1) is 0 Å². The Kier molecular flexibility index (Phi) is 6.55. The molecule has 2 atom stereocenters. The van der Waals surface area contributed by atoms with Crippen LogP contribution in [0.15, 0.2) is 0 Å². The van der Waals surface area contributed by atoms with Gasteiger partial charge in [-0.1, -0.05) is 47.0 Å². The molecule has 2 unspecified atom stereocenters. The summed E-state index contributed by atoms with van der Waals surface area (Å²) in [7, 11) is 0. The van der Waals surface area contributed by atoms with Crippen molar-refractivity contribution in [1.82, 2.24) is 10.2 Å². The van der Waals surface area contributed by atoms with E-state index in [1.807, 2.05) is 0 Å². The van der Waals surface area contributed by atoms with Crippen LogP contribution >= 0.6 is 0 Å². The van der Waals surface area contributed by atoms with Crippen molar-refractivity contribution >= 4 is 0 Å². The van der Waals surface area contributed by atoms with Gasteiger partial charge in [-0.15, -0.1) is 0 Å². The van der Waals surface area contributed by atoms with Gasteiger partial charge in [0.15, 0.2) is 0 Å². The molecule has 2 aliphatic rings. The molecule has 0 spiro atoms. The van der Waals surface area contributed by atoms with Crippen molar-refractivity contribution in [3.05, 3.63) is 0 Å². The topological polar surface area (TPSA) is 15.3 Å². The number of nitrogens with one attached hydrogen (secondary N) is 1. The van der Waals surface area contributed by atoms with Crippen LogP contribution < -0.4 is 5.32 Å². The maximum Gasteiger partial charge on any atom is 0.0159 e. The summed E-state index contributed by atoms with van der Waals surface area (Å²) in [5.74, 6) is 0.855. The number of rotatable bonds is 7. The Hall–Kier alpha value is -0.0800. The summed E-state index contributed by atoms with van der Waals surface area (Å²) in [6, 6.07) is 1.59. The molecular weight excluding hydrogens is 256 g/mol. The van der Waals surface area contributed by atoms with Crippen LogP contribution in [0.2, 0.25) is 0 Å². The van der Waals surface area contributed by atoms with E-state index >= 15 is 0 Å². The zero-order chi connectivity index (χ0) is 15.3. The van der Waals surface area contributed by atoms with E-state index in [1.165, 1.54) is 71.0 Å². The van der Waals surface area contributed by atoms with Crippen LogP contribution in [0.4, 0.5) is 0 Å². The molecule has 0 saturated heterocycles. The molecule has 0 aromatic rings. The van der Waals surface area contributed by atoms with Crippen LogP contribution in [0, 0.1) is 11.3 Å². The summed E-state index contributed by atoms with van der Waals surface area (Å²) < 4.78 is 0. The van der Waals surface area contributed by atoms with Gasteiger partial charge in [0.1, 0.15) is 0 Å². The van der Waals surface area contributed by atoms with Gasteiger partial charge in [0, 0.05) is 18.6 Å². The van der Waals surface area contributed by atoms with Crippen molar-refractivity contribution in [2.24, 2.45) is 11.3 Å². The van der Waals surface area contributed by atoms with Gasteiger partial charge < -0.3 is 10.2 Å². The molecule has 2 nitrogen and oxygen atoms in total. The Balaban J connectivity index is 1.94. The Morgan fingerprint density at radius 3 is 2.38 bits per heavy atom. The van der Waals surface area contributed by atoms with Crippen LogP contribution in [0.3, 0.4) is 0 Å². The van der Waals surface area contributed by atoms with E-state index in [-0.39, 0.29) is 0 Å². The first-order valence-electron chi connectivity index (χ1n) is 9.56. The smallest absolute Gasteiger partial charge is 0.0159 e. The van der Waals surface area contributed by atoms with Gasteiger partial charge in [-0.3, -0.25) is 0 Å². The third-order valence-corrected chi connectivity index (χ3v) is 6.05. The van der Waals surface area contributed by atoms with Crippen molar-refractivity contribution in [1.29, 1.82) is 0 Å². The molecular formula is C19H38N2. The summed E-state index contributed by atoms with van der Waals surface area (Å²) >= 11 is 0. The SMILES string of the molecule is CCCNC1C(CN(CC)C2CCCCC2)CCC1(C)C. The number of hydrogen-bond donors (Lipinski definition) is 1. The highest BCUT2D eigenvalue weighted by Gasteiger charge is 2.42. The molecule has 2 saturated carbocycles. The Bertz CT molecular complexity index is 294. The fourth-order valence-corrected chi connectivity index (χ4v) is 4.74. The summed E-state index contributed by atoms with van der Waals surface area (Å²) in [6.07, 6.45) is 11.3. The van der Waals surface area contributed by atoms with Gasteiger partial charge in [0.2, 0.25) is 0 Å². The highest BCUT2D eigenvalue weighted by molar-refractivity contribution is 4.97. The zero-order valence-corrected chi connectivity index (χ0v) is 15.0. The lowest BCUT2D eigenvalue weighted by Gasteiger charge is -2.38. The van der Waals surface area contributed by atoms with Gasteiger partial charge >= 0.3 is 0 Å². The molecule has 0 bridgehead atoms. The molecule has 2 rings (SSSR count). The minimum absolute atomic E-state index is 0.478. The van der Waals surface area contributed by atoms with E-state index in [2.05, 4.69) is 37.9 Å². The molecule has 21 heavy (non-hydrogen) atoms. The van der Waals surface area contributed by atoms with Crippen LogP contribution in [0.5, 0.6) is 0 Å². The molecule has 124 valence electrons. The van der Waals surface area contributed by atoms with Crippen molar-refractivity contribution in [3.8, 4) is 0 Å². The normalized spacial score (nSPS) is 30.1. The van der Waals surface area contributed by atoms with E-state index in [9.17, 15) is 0 Å². The minimum Gasteiger partial charge on any atom is -0.313 e. The van der Waals surface area contributed by atoms with E-state index in [0.717, 1.165) is 18.0 Å². The molecule has 0 aromatic heterocycles. The summed E-state index contributed by atoms with van der Waals surface area (Å²) in [5.41, 5.74) is 0.478. The predicted octanol–water partition coefficient (Wildman–Crippen LogP) is 4.45. The zero-order valence-electron chi connectivity index (χ0n) is 15.0. The first kappa shape index (κ1) is 17.3.